The van der Waals surface area contributed by atoms with E-state index in [-0.39, 0.29) is 5.91 Å². The highest BCUT2D eigenvalue weighted by Gasteiger charge is 2.19. The van der Waals surface area contributed by atoms with Crippen LogP contribution in [0.25, 0.3) is 0 Å². The van der Waals surface area contributed by atoms with E-state index in [0.29, 0.717) is 18.8 Å². The van der Waals surface area contributed by atoms with Crippen molar-refractivity contribution in [1.29, 1.82) is 0 Å². The number of carbonyl (C=O) groups is 1. The number of carbonyl (C=O) groups excluding carboxylic acids is 1. The molecule has 22 heavy (non-hydrogen) atoms. The second-order valence-corrected chi connectivity index (χ2v) is 6.93. The number of aryl methyl sites for hydroxylation is 1. The Morgan fingerprint density at radius 1 is 1.05 bits per heavy atom. The van der Waals surface area contributed by atoms with E-state index >= 15 is 0 Å². The van der Waals surface area contributed by atoms with Gasteiger partial charge in [0.15, 0.2) is 0 Å². The molecule has 0 spiro atoms. The van der Waals surface area contributed by atoms with Crippen molar-refractivity contribution in [2.75, 3.05) is 0 Å². The fourth-order valence-corrected chi connectivity index (χ4v) is 3.48. The third kappa shape index (κ3) is 3.58. The molecule has 0 saturated heterocycles. The number of rotatable bonds is 5. The summed E-state index contributed by atoms with van der Waals surface area (Å²) in [6, 6.07) is 8.08. The highest BCUT2D eigenvalue weighted by molar-refractivity contribution is 7.10. The number of amides is 1. The van der Waals surface area contributed by atoms with Crippen LogP contribution < -0.4 is 0 Å². The van der Waals surface area contributed by atoms with Crippen LogP contribution in [0.3, 0.4) is 0 Å². The maximum absolute atomic E-state index is 12.7. The summed E-state index contributed by atoms with van der Waals surface area (Å²) < 4.78 is 0. The molecule has 1 amide bonds. The first-order valence-corrected chi connectivity index (χ1v) is 8.61. The van der Waals surface area contributed by atoms with E-state index in [1.54, 1.807) is 35.1 Å². The van der Waals surface area contributed by atoms with Gasteiger partial charge in [0.1, 0.15) is 5.69 Å². The zero-order valence-corrected chi connectivity index (χ0v) is 13.7. The first-order valence-electron chi connectivity index (χ1n) is 6.85. The first kappa shape index (κ1) is 14.9. The second-order valence-electron chi connectivity index (χ2n) is 4.86. The molecule has 112 valence electrons. The summed E-state index contributed by atoms with van der Waals surface area (Å²) in [6.07, 6.45) is 3.18. The molecule has 0 saturated carbocycles. The molecule has 0 aliphatic carbocycles. The Hall–Kier alpha value is -2.05. The van der Waals surface area contributed by atoms with Crippen LogP contribution in [0.1, 0.15) is 25.9 Å². The highest BCUT2D eigenvalue weighted by Crippen LogP contribution is 2.18. The molecule has 0 unspecified atom stereocenters. The second kappa shape index (κ2) is 6.81. The lowest BCUT2D eigenvalue weighted by atomic mass is 10.3. The Kier molecular flexibility index (Phi) is 4.60. The van der Waals surface area contributed by atoms with Gasteiger partial charge in [-0.1, -0.05) is 12.1 Å². The maximum Gasteiger partial charge on any atom is 0.274 e. The van der Waals surface area contributed by atoms with Crippen LogP contribution in [0.15, 0.2) is 47.4 Å². The standard InChI is InChI=1S/C16H15N3OS2/c1-12-8-18-15(9-17-12)16(20)19(10-13-4-2-6-21-13)11-14-5-3-7-22-14/h2-9H,10-11H2,1H3. The van der Waals surface area contributed by atoms with Gasteiger partial charge in [-0.05, 0) is 29.8 Å². The predicted molar refractivity (Wildman–Crippen MR) is 89.0 cm³/mol. The average Bonchev–Trinajstić information content (AvgIpc) is 3.20. The van der Waals surface area contributed by atoms with E-state index in [1.807, 2.05) is 46.8 Å². The molecule has 0 bridgehead atoms. The first-order chi connectivity index (χ1) is 10.7. The van der Waals surface area contributed by atoms with Crippen molar-refractivity contribution >= 4 is 28.6 Å². The van der Waals surface area contributed by atoms with Crippen LogP contribution in [0.2, 0.25) is 0 Å². The lowest BCUT2D eigenvalue weighted by molar-refractivity contribution is 0.0727. The molecular weight excluding hydrogens is 314 g/mol. The Morgan fingerprint density at radius 2 is 1.68 bits per heavy atom. The molecular formula is C16H15N3OS2. The minimum Gasteiger partial charge on any atom is -0.327 e. The lowest BCUT2D eigenvalue weighted by Crippen LogP contribution is -2.30. The fraction of sp³-hybridized carbons (Fsp3) is 0.188. The van der Waals surface area contributed by atoms with E-state index in [0.717, 1.165) is 15.4 Å². The van der Waals surface area contributed by atoms with Gasteiger partial charge < -0.3 is 4.90 Å². The summed E-state index contributed by atoms with van der Waals surface area (Å²) in [5.74, 6) is -0.0886. The van der Waals surface area contributed by atoms with Crippen molar-refractivity contribution in [3.63, 3.8) is 0 Å². The summed E-state index contributed by atoms with van der Waals surface area (Å²) in [7, 11) is 0. The van der Waals surface area contributed by atoms with Gasteiger partial charge >= 0.3 is 0 Å². The van der Waals surface area contributed by atoms with Crippen molar-refractivity contribution in [2.45, 2.75) is 20.0 Å². The lowest BCUT2D eigenvalue weighted by Gasteiger charge is -2.21. The molecule has 0 fully saturated rings. The molecule has 3 rings (SSSR count). The van der Waals surface area contributed by atoms with Gasteiger partial charge in [0.05, 0.1) is 25.0 Å². The Balaban J connectivity index is 1.83. The Morgan fingerprint density at radius 3 is 2.14 bits per heavy atom. The summed E-state index contributed by atoms with van der Waals surface area (Å²) in [6.45, 7) is 3.03. The van der Waals surface area contributed by atoms with Crippen LogP contribution in [-0.2, 0) is 13.1 Å². The molecule has 0 aromatic carbocycles. The minimum atomic E-state index is -0.0886. The van der Waals surface area contributed by atoms with Crippen molar-refractivity contribution in [2.24, 2.45) is 0 Å². The number of nitrogens with zero attached hydrogens (tertiary/aromatic N) is 3. The largest absolute Gasteiger partial charge is 0.327 e. The van der Waals surface area contributed by atoms with Crippen LogP contribution in [0, 0.1) is 6.92 Å². The molecule has 0 aliphatic heterocycles. The van der Waals surface area contributed by atoms with E-state index in [4.69, 9.17) is 0 Å². The van der Waals surface area contributed by atoms with Gasteiger partial charge in [-0.25, -0.2) is 4.98 Å². The maximum atomic E-state index is 12.7. The van der Waals surface area contributed by atoms with Crippen LogP contribution in [-0.4, -0.2) is 20.8 Å². The van der Waals surface area contributed by atoms with Gasteiger partial charge in [0, 0.05) is 16.0 Å². The van der Waals surface area contributed by atoms with Gasteiger partial charge in [-0.15, -0.1) is 22.7 Å². The van der Waals surface area contributed by atoms with E-state index in [1.165, 1.54) is 0 Å². The summed E-state index contributed by atoms with van der Waals surface area (Å²) >= 11 is 3.30. The average molecular weight is 329 g/mol. The van der Waals surface area contributed by atoms with Crippen molar-refractivity contribution in [3.8, 4) is 0 Å². The van der Waals surface area contributed by atoms with Crippen LogP contribution >= 0.6 is 22.7 Å². The fourth-order valence-electron chi connectivity index (χ4n) is 2.05. The highest BCUT2D eigenvalue weighted by atomic mass is 32.1. The molecule has 3 aromatic heterocycles. The van der Waals surface area contributed by atoms with Gasteiger partial charge in [-0.2, -0.15) is 0 Å². The molecule has 0 radical (unpaired) electrons. The van der Waals surface area contributed by atoms with Gasteiger partial charge in [0.25, 0.3) is 5.91 Å². The number of aromatic nitrogens is 2. The normalized spacial score (nSPS) is 10.6. The summed E-state index contributed by atoms with van der Waals surface area (Å²) in [5, 5.41) is 4.05. The summed E-state index contributed by atoms with van der Waals surface area (Å²) in [5.41, 5.74) is 1.19. The quantitative estimate of drug-likeness (QED) is 0.716. The number of hydrogen-bond donors (Lipinski definition) is 0. The SMILES string of the molecule is Cc1cnc(C(=O)N(Cc2cccs2)Cc2cccs2)cn1. The van der Waals surface area contributed by atoms with Crippen molar-refractivity contribution in [3.05, 3.63) is 68.6 Å². The smallest absolute Gasteiger partial charge is 0.274 e. The zero-order chi connectivity index (χ0) is 15.4. The van der Waals surface area contributed by atoms with E-state index in [9.17, 15) is 4.79 Å². The molecule has 0 aliphatic rings. The summed E-state index contributed by atoms with van der Waals surface area (Å²) in [4.78, 5) is 25.3. The van der Waals surface area contributed by atoms with Crippen molar-refractivity contribution < 1.29 is 4.79 Å². The Bertz CT molecular complexity index is 685. The molecule has 0 N–H and O–H groups in total. The van der Waals surface area contributed by atoms with Crippen LogP contribution in [0.4, 0.5) is 0 Å². The molecule has 3 heterocycles. The topological polar surface area (TPSA) is 46.1 Å². The minimum absolute atomic E-state index is 0.0886. The van der Waals surface area contributed by atoms with E-state index < -0.39 is 0 Å². The van der Waals surface area contributed by atoms with Crippen molar-refractivity contribution in [1.82, 2.24) is 14.9 Å². The number of thiophene rings is 2. The number of hydrogen-bond acceptors (Lipinski definition) is 5. The third-order valence-corrected chi connectivity index (χ3v) is 4.86. The predicted octanol–water partition coefficient (Wildman–Crippen LogP) is 3.75. The molecule has 3 aromatic rings. The monoisotopic (exact) mass is 329 g/mol. The van der Waals surface area contributed by atoms with E-state index in [2.05, 4.69) is 9.97 Å². The zero-order valence-electron chi connectivity index (χ0n) is 12.1. The molecule has 4 nitrogen and oxygen atoms in total. The van der Waals surface area contributed by atoms with Gasteiger partial charge in [0.2, 0.25) is 0 Å². The molecule has 6 heteroatoms. The molecule has 0 atom stereocenters. The Labute approximate surface area is 137 Å². The third-order valence-electron chi connectivity index (χ3n) is 3.14. The van der Waals surface area contributed by atoms with Crippen LogP contribution in [0.5, 0.6) is 0 Å². The van der Waals surface area contributed by atoms with Gasteiger partial charge in [-0.3, -0.25) is 9.78 Å².